The lowest BCUT2D eigenvalue weighted by Gasteiger charge is -2.30. The third-order valence-corrected chi connectivity index (χ3v) is 5.86. The second-order valence-electron chi connectivity index (χ2n) is 6.97. The molecule has 1 aromatic rings. The van der Waals surface area contributed by atoms with Gasteiger partial charge in [-0.05, 0) is 19.3 Å². The van der Waals surface area contributed by atoms with E-state index >= 15 is 0 Å². The molecule has 9 heteroatoms. The van der Waals surface area contributed by atoms with Crippen molar-refractivity contribution in [2.45, 2.75) is 70.3 Å². The highest BCUT2D eigenvalue weighted by Gasteiger charge is 2.51. The van der Waals surface area contributed by atoms with Gasteiger partial charge in [0.25, 0.3) is 5.91 Å². The molecule has 1 aliphatic carbocycles. The quantitative estimate of drug-likeness (QED) is 0.559. The van der Waals surface area contributed by atoms with E-state index in [1.165, 1.54) is 11.3 Å². The molecule has 1 aromatic heterocycles. The Bertz CT molecular complexity index is 684. The Balaban J connectivity index is 1.55. The lowest BCUT2D eigenvalue weighted by Crippen LogP contribution is -2.48. The van der Waals surface area contributed by atoms with Crippen molar-refractivity contribution in [1.82, 2.24) is 20.4 Å². The molecule has 8 nitrogen and oxygen atoms in total. The molecule has 3 rings (SSSR count). The average molecular weight is 379 g/mol. The summed E-state index contributed by atoms with van der Waals surface area (Å²) in [7, 11) is 0. The number of hydrogen-bond acceptors (Lipinski definition) is 6. The Labute approximate surface area is 156 Å². The Kier molecular flexibility index (Phi) is 5.85. The number of imide groups is 1. The van der Waals surface area contributed by atoms with Crippen molar-refractivity contribution in [3.63, 3.8) is 0 Å². The van der Waals surface area contributed by atoms with E-state index in [0.717, 1.165) is 54.9 Å². The number of aromatic nitrogens is 2. The first-order valence-electron chi connectivity index (χ1n) is 9.30. The minimum atomic E-state index is -0.801. The first-order chi connectivity index (χ1) is 12.5. The highest BCUT2D eigenvalue weighted by atomic mass is 32.1. The molecule has 0 aromatic carbocycles. The smallest absolute Gasteiger partial charge is 0.323 e. The van der Waals surface area contributed by atoms with Gasteiger partial charge in [0.2, 0.25) is 11.0 Å². The Morgan fingerprint density at radius 1 is 1.23 bits per heavy atom. The number of anilines is 1. The summed E-state index contributed by atoms with van der Waals surface area (Å²) in [5.74, 6) is -0.715. The fourth-order valence-corrected chi connectivity index (χ4v) is 4.35. The van der Waals surface area contributed by atoms with Crippen molar-refractivity contribution in [3.05, 3.63) is 5.01 Å². The van der Waals surface area contributed by atoms with Crippen molar-refractivity contribution in [2.75, 3.05) is 11.9 Å². The normalized spacial score (nSPS) is 19.0. The summed E-state index contributed by atoms with van der Waals surface area (Å²) in [6, 6.07) is -0.482. The van der Waals surface area contributed by atoms with Crippen LogP contribution < -0.4 is 10.6 Å². The fraction of sp³-hybridized carbons (Fsp3) is 0.706. The van der Waals surface area contributed by atoms with Crippen LogP contribution in [0.4, 0.5) is 9.93 Å². The van der Waals surface area contributed by atoms with Gasteiger partial charge in [-0.25, -0.2) is 4.79 Å². The maximum Gasteiger partial charge on any atom is 0.325 e. The van der Waals surface area contributed by atoms with Crippen molar-refractivity contribution in [3.8, 4) is 0 Å². The molecule has 0 bridgehead atoms. The van der Waals surface area contributed by atoms with Gasteiger partial charge in [0.1, 0.15) is 17.1 Å². The van der Waals surface area contributed by atoms with E-state index in [4.69, 9.17) is 0 Å². The van der Waals surface area contributed by atoms with Crippen molar-refractivity contribution in [2.24, 2.45) is 0 Å². The molecular weight excluding hydrogens is 354 g/mol. The number of unbranched alkanes of at least 4 members (excludes halogenated alkanes) is 2. The lowest BCUT2D eigenvalue weighted by molar-refractivity contribution is -0.134. The van der Waals surface area contributed by atoms with Gasteiger partial charge in [-0.2, -0.15) is 0 Å². The zero-order valence-electron chi connectivity index (χ0n) is 15.0. The molecule has 1 saturated carbocycles. The topological polar surface area (TPSA) is 104 Å². The Hall–Kier alpha value is -2.03. The molecule has 2 heterocycles. The molecule has 1 aliphatic heterocycles. The van der Waals surface area contributed by atoms with Gasteiger partial charge in [-0.3, -0.25) is 19.8 Å². The number of nitrogens with zero attached hydrogens (tertiary/aromatic N) is 3. The van der Waals surface area contributed by atoms with Gasteiger partial charge in [0, 0.05) is 6.42 Å². The number of nitrogens with one attached hydrogen (secondary N) is 2. The van der Waals surface area contributed by atoms with Gasteiger partial charge in [-0.1, -0.05) is 50.4 Å². The summed E-state index contributed by atoms with van der Waals surface area (Å²) in [6.45, 7) is 1.84. The maximum absolute atomic E-state index is 12.7. The monoisotopic (exact) mass is 379 g/mol. The Morgan fingerprint density at radius 2 is 2.00 bits per heavy atom. The lowest BCUT2D eigenvalue weighted by atomic mass is 9.82. The number of amides is 4. The van der Waals surface area contributed by atoms with Gasteiger partial charge >= 0.3 is 6.03 Å². The largest absolute Gasteiger partial charge is 0.325 e. The number of aryl methyl sites for hydroxylation is 1. The average Bonchev–Trinajstić information content (AvgIpc) is 3.14. The predicted octanol–water partition coefficient (Wildman–Crippen LogP) is 2.46. The number of hydrogen-bond donors (Lipinski definition) is 2. The zero-order chi connectivity index (χ0) is 18.6. The SMILES string of the molecule is CCCCCc1nnc(NC(=O)CN2C(=O)NC3(CCCCC3)C2=O)s1. The van der Waals surface area contributed by atoms with E-state index in [2.05, 4.69) is 27.8 Å². The number of carbonyl (C=O) groups excluding carboxylic acids is 3. The van der Waals surface area contributed by atoms with Gasteiger partial charge in [0.15, 0.2) is 0 Å². The molecule has 1 spiro atoms. The zero-order valence-corrected chi connectivity index (χ0v) is 15.9. The third-order valence-electron chi connectivity index (χ3n) is 4.96. The fourth-order valence-electron chi connectivity index (χ4n) is 3.55. The van der Waals surface area contributed by atoms with E-state index < -0.39 is 17.5 Å². The minimum Gasteiger partial charge on any atom is -0.323 e. The van der Waals surface area contributed by atoms with Crippen LogP contribution in [-0.2, 0) is 16.0 Å². The molecule has 4 amide bonds. The Morgan fingerprint density at radius 3 is 2.73 bits per heavy atom. The molecule has 1 saturated heterocycles. The molecule has 2 fully saturated rings. The molecular formula is C17H25N5O3S. The minimum absolute atomic E-state index is 0.283. The number of rotatable bonds is 7. The standard InChI is InChI=1S/C17H25N5O3S/c1-2-3-5-8-13-20-21-15(26-13)18-12(23)11-22-14(24)17(19-16(22)25)9-6-4-7-10-17/h2-11H2,1H3,(H,19,25)(H,18,21,23). The first-order valence-corrected chi connectivity index (χ1v) is 10.1. The van der Waals surface area contributed by atoms with Crippen molar-refractivity contribution < 1.29 is 14.4 Å². The van der Waals surface area contributed by atoms with Crippen molar-refractivity contribution in [1.29, 1.82) is 0 Å². The van der Waals surface area contributed by atoms with Crippen LogP contribution in [0.1, 0.15) is 63.3 Å². The summed E-state index contributed by atoms with van der Waals surface area (Å²) in [6.07, 6.45) is 8.35. The molecule has 26 heavy (non-hydrogen) atoms. The molecule has 0 atom stereocenters. The van der Waals surface area contributed by atoms with Crippen LogP contribution in [0.5, 0.6) is 0 Å². The summed E-state index contributed by atoms with van der Waals surface area (Å²) in [4.78, 5) is 38.1. The van der Waals surface area contributed by atoms with Crippen LogP contribution in [0.2, 0.25) is 0 Å². The van der Waals surface area contributed by atoms with Crippen LogP contribution in [-0.4, -0.2) is 45.0 Å². The van der Waals surface area contributed by atoms with Crippen LogP contribution >= 0.6 is 11.3 Å². The number of urea groups is 1. The van der Waals surface area contributed by atoms with Gasteiger partial charge in [0.05, 0.1) is 0 Å². The summed E-state index contributed by atoms with van der Waals surface area (Å²) < 4.78 is 0. The van der Waals surface area contributed by atoms with Crippen molar-refractivity contribution >= 4 is 34.3 Å². The van der Waals surface area contributed by atoms with E-state index in [1.54, 1.807) is 0 Å². The molecule has 0 unspecified atom stereocenters. The molecule has 0 radical (unpaired) electrons. The van der Waals surface area contributed by atoms with Crippen LogP contribution in [0.25, 0.3) is 0 Å². The second-order valence-corrected chi connectivity index (χ2v) is 8.03. The highest BCUT2D eigenvalue weighted by Crippen LogP contribution is 2.33. The summed E-state index contributed by atoms with van der Waals surface area (Å²) in [5, 5.41) is 14.8. The van der Waals surface area contributed by atoms with Crippen LogP contribution in [0, 0.1) is 0 Å². The van der Waals surface area contributed by atoms with Crippen LogP contribution in [0.15, 0.2) is 0 Å². The predicted molar refractivity (Wildman–Crippen MR) is 97.8 cm³/mol. The summed E-state index contributed by atoms with van der Waals surface area (Å²) in [5.41, 5.74) is -0.801. The van der Waals surface area contributed by atoms with E-state index in [-0.39, 0.29) is 12.5 Å². The van der Waals surface area contributed by atoms with Crippen LogP contribution in [0.3, 0.4) is 0 Å². The first kappa shape index (κ1) is 18.8. The third kappa shape index (κ3) is 4.03. The molecule has 2 N–H and O–H groups in total. The van der Waals surface area contributed by atoms with Gasteiger partial charge in [-0.15, -0.1) is 10.2 Å². The number of carbonyl (C=O) groups is 3. The maximum atomic E-state index is 12.7. The van der Waals surface area contributed by atoms with E-state index in [0.29, 0.717) is 18.0 Å². The van der Waals surface area contributed by atoms with Gasteiger partial charge < -0.3 is 5.32 Å². The van der Waals surface area contributed by atoms with E-state index in [1.807, 2.05) is 0 Å². The molecule has 142 valence electrons. The summed E-state index contributed by atoms with van der Waals surface area (Å²) >= 11 is 1.33. The highest BCUT2D eigenvalue weighted by molar-refractivity contribution is 7.15. The van der Waals surface area contributed by atoms with E-state index in [9.17, 15) is 14.4 Å². The molecule has 2 aliphatic rings. The second kappa shape index (κ2) is 8.11.